The van der Waals surface area contributed by atoms with Gasteiger partial charge in [0.05, 0.1) is 6.42 Å². The number of aromatic hydroxyl groups is 6. The monoisotopic (exact) mass is 1220 g/mol. The molecule has 87 heavy (non-hydrogen) atoms. The first-order chi connectivity index (χ1) is 39.9. The highest BCUT2D eigenvalue weighted by molar-refractivity contribution is 6.00. The molecular weight excluding hydrogens is 1080 g/mol. The molecule has 0 aliphatic heterocycles. The van der Waals surface area contributed by atoms with E-state index in [0.717, 1.165) is 33.4 Å². The van der Waals surface area contributed by atoms with Gasteiger partial charge in [0.1, 0.15) is 51.8 Å². The number of carbonyl (C=O) groups is 3. The largest absolute Gasteiger partial charge is 0.508 e. The highest BCUT2D eigenvalue weighted by Gasteiger charge is 2.36. The Morgan fingerprint density at radius 1 is 0.253 bits per heavy atom. The molecule has 6 N–H and O–H groups in total. The van der Waals surface area contributed by atoms with Gasteiger partial charge in [-0.2, -0.15) is 0 Å². The molecule has 0 saturated heterocycles. The summed E-state index contributed by atoms with van der Waals surface area (Å²) in [6.07, 6.45) is 0.187. The molecule has 504 valence electrons. The standard InChI is InChI=1S/C33H32O6.C17H18O3.12C2H6.4CH4/c1-32(22-3-11-26(34)12-4-22,23-5-13-27(35)14-6-23)20-30(38)19-31(39)21-33(2,24-7-15-28(36)16-8-24)25-9-17-29(37)18-10-25;1-12(18)11-17(2,13-3-7-15(19)8-4-13)14-5-9-16(20)10-6-14;12*1-2;;;;/h3-18,34-37H,19-21H2,1-2H3;3-10,19-20H,11H2,1-2H3;12*1-2H3;4*1H4. The van der Waals surface area contributed by atoms with E-state index < -0.39 is 16.2 Å². The molecule has 0 saturated carbocycles. The zero-order valence-electron chi connectivity index (χ0n) is 57.6. The minimum absolute atomic E-state index is 0. The second-order valence-corrected chi connectivity index (χ2v) is 15.8. The van der Waals surface area contributed by atoms with Crippen LogP contribution in [0.4, 0.5) is 0 Å². The molecule has 9 heteroatoms. The number of phenols is 6. The molecule has 0 bridgehead atoms. The maximum atomic E-state index is 13.4. The van der Waals surface area contributed by atoms with Crippen LogP contribution in [0.25, 0.3) is 0 Å². The van der Waals surface area contributed by atoms with Gasteiger partial charge < -0.3 is 30.6 Å². The van der Waals surface area contributed by atoms with E-state index in [-0.39, 0.29) is 101 Å². The third-order valence-corrected chi connectivity index (χ3v) is 11.1. The van der Waals surface area contributed by atoms with E-state index in [4.69, 9.17) is 0 Å². The van der Waals surface area contributed by atoms with Crippen LogP contribution in [0.3, 0.4) is 0 Å². The van der Waals surface area contributed by atoms with E-state index in [0.29, 0.717) is 6.42 Å². The summed E-state index contributed by atoms with van der Waals surface area (Å²) in [5.74, 6) is 0.451. The van der Waals surface area contributed by atoms with Gasteiger partial charge >= 0.3 is 0 Å². The molecule has 0 spiro atoms. The molecule has 0 aliphatic carbocycles. The summed E-state index contributed by atoms with van der Waals surface area (Å²) in [4.78, 5) is 38.5. The van der Waals surface area contributed by atoms with E-state index in [1.165, 1.54) is 0 Å². The van der Waals surface area contributed by atoms with E-state index in [1.807, 2.05) is 211 Å². The first-order valence-corrected chi connectivity index (χ1v) is 31.2. The van der Waals surface area contributed by atoms with Gasteiger partial charge in [0, 0.05) is 35.5 Å². The van der Waals surface area contributed by atoms with Crippen LogP contribution in [-0.2, 0) is 30.6 Å². The summed E-state index contributed by atoms with van der Waals surface area (Å²) in [5.41, 5.74) is 3.02. The van der Waals surface area contributed by atoms with Gasteiger partial charge in [-0.25, -0.2) is 0 Å². The molecule has 6 aromatic carbocycles. The van der Waals surface area contributed by atoms with Crippen LogP contribution in [0.1, 0.15) is 283 Å². The van der Waals surface area contributed by atoms with E-state index in [2.05, 4.69) is 0 Å². The fraction of sp³-hybridized carbons (Fsp3) is 0.500. The average molecular weight is 1220 g/mol. The van der Waals surface area contributed by atoms with Crippen LogP contribution in [0.15, 0.2) is 146 Å². The lowest BCUT2D eigenvalue weighted by Crippen LogP contribution is -2.31. The smallest absolute Gasteiger partial charge is 0.141 e. The number of rotatable bonds is 14. The molecule has 0 aliphatic rings. The second kappa shape index (κ2) is 68.2. The number of phenolic OH excluding ortho intramolecular Hbond substituents is 6. The summed E-state index contributed by atoms with van der Waals surface area (Å²) in [7, 11) is 0. The van der Waals surface area contributed by atoms with Crippen LogP contribution in [0.2, 0.25) is 0 Å². The highest BCUT2D eigenvalue weighted by atomic mass is 16.3. The summed E-state index contributed by atoms with van der Waals surface area (Å²) < 4.78 is 0. The van der Waals surface area contributed by atoms with Crippen molar-refractivity contribution < 1.29 is 45.0 Å². The molecule has 0 fully saturated rings. The molecule has 0 unspecified atom stereocenters. The number of hydrogen-bond acceptors (Lipinski definition) is 9. The van der Waals surface area contributed by atoms with E-state index in [9.17, 15) is 45.0 Å². The summed E-state index contributed by atoms with van der Waals surface area (Å²) in [6.45, 7) is 55.4. The second-order valence-electron chi connectivity index (χ2n) is 15.8. The summed E-state index contributed by atoms with van der Waals surface area (Å²) in [6, 6.07) is 40.3. The van der Waals surface area contributed by atoms with Gasteiger partial charge in [0.2, 0.25) is 0 Å². The Morgan fingerprint density at radius 3 is 0.483 bits per heavy atom. The lowest BCUT2D eigenvalue weighted by molar-refractivity contribution is -0.128. The van der Waals surface area contributed by atoms with Gasteiger partial charge in [-0.15, -0.1) is 0 Å². The Labute approximate surface area is 538 Å². The molecule has 0 aromatic heterocycles. The fourth-order valence-corrected chi connectivity index (χ4v) is 7.72. The van der Waals surface area contributed by atoms with Gasteiger partial charge in [-0.1, -0.05) is 289 Å². The van der Waals surface area contributed by atoms with Crippen LogP contribution in [-0.4, -0.2) is 48.0 Å². The number of benzene rings is 6. The van der Waals surface area contributed by atoms with Crippen molar-refractivity contribution in [2.45, 2.75) is 265 Å². The highest BCUT2D eigenvalue weighted by Crippen LogP contribution is 2.40. The van der Waals surface area contributed by atoms with Crippen LogP contribution in [0, 0.1) is 0 Å². The van der Waals surface area contributed by atoms with Crippen molar-refractivity contribution in [3.05, 3.63) is 179 Å². The topological polar surface area (TPSA) is 173 Å². The normalized spacial score (nSPS) is 8.69. The fourth-order valence-electron chi connectivity index (χ4n) is 7.72. The minimum atomic E-state index is -0.796. The zero-order valence-corrected chi connectivity index (χ0v) is 57.6. The van der Waals surface area contributed by atoms with Crippen molar-refractivity contribution in [3.63, 3.8) is 0 Å². The van der Waals surface area contributed by atoms with Crippen molar-refractivity contribution in [1.29, 1.82) is 0 Å². The molecular formula is C78H138O9. The quantitative estimate of drug-likeness (QED) is 0.0581. The molecule has 6 rings (SSSR count). The molecule has 9 nitrogen and oxygen atoms in total. The SMILES string of the molecule is C.C.C.C.CC.CC.CC.CC.CC.CC.CC.CC.CC.CC.CC.CC.CC(=O)CC(C)(c1ccc(O)cc1)c1ccc(O)cc1.CC(CC(=O)CC(=O)CC(C)(c1ccc(O)cc1)c1ccc(O)cc1)(c1ccc(O)cc1)c1ccc(O)cc1. The first-order valence-electron chi connectivity index (χ1n) is 31.2. The molecule has 0 amide bonds. The van der Waals surface area contributed by atoms with Crippen LogP contribution >= 0.6 is 0 Å². The third kappa shape index (κ3) is 40.3. The summed E-state index contributed by atoms with van der Waals surface area (Å²) >= 11 is 0. The summed E-state index contributed by atoms with van der Waals surface area (Å²) in [5, 5.41) is 58.0. The number of hydrogen-bond donors (Lipinski definition) is 6. The van der Waals surface area contributed by atoms with Crippen LogP contribution in [0.5, 0.6) is 34.5 Å². The number of carbonyl (C=O) groups excluding carboxylic acids is 3. The predicted octanol–water partition coefficient (Wildman–Crippen LogP) is 24.4. The number of ketones is 3. The van der Waals surface area contributed by atoms with Crippen molar-refractivity contribution in [2.75, 3.05) is 0 Å². The molecule has 0 radical (unpaired) electrons. The Kier molecular flexibility index (Phi) is 84.8. The van der Waals surface area contributed by atoms with Crippen molar-refractivity contribution in [2.24, 2.45) is 0 Å². The van der Waals surface area contributed by atoms with Crippen molar-refractivity contribution in [1.82, 2.24) is 0 Å². The number of Topliss-reactive ketones (excluding diaryl/α,β-unsaturated/α-hetero) is 3. The zero-order chi connectivity index (χ0) is 67.0. The van der Waals surface area contributed by atoms with Gasteiger partial charge in [-0.05, 0) is 113 Å². The molecule has 0 heterocycles. The minimum Gasteiger partial charge on any atom is -0.508 e. The average Bonchev–Trinajstić information content (AvgIpc) is 3.35. The van der Waals surface area contributed by atoms with Gasteiger partial charge in [-0.3, -0.25) is 14.4 Å². The van der Waals surface area contributed by atoms with E-state index in [1.54, 1.807) is 128 Å². The third-order valence-electron chi connectivity index (χ3n) is 11.1. The Bertz CT molecular complexity index is 2100. The Hall–Kier alpha value is -6.87. The Balaban J connectivity index is -0.0000000997. The van der Waals surface area contributed by atoms with Crippen molar-refractivity contribution in [3.8, 4) is 34.5 Å². The lowest BCUT2D eigenvalue weighted by Gasteiger charge is -2.32. The first kappa shape index (κ1) is 108. The predicted molar refractivity (Wildman–Crippen MR) is 390 cm³/mol. The van der Waals surface area contributed by atoms with Gasteiger partial charge in [0.15, 0.2) is 0 Å². The lowest BCUT2D eigenvalue weighted by atomic mass is 9.70. The Morgan fingerprint density at radius 2 is 0.368 bits per heavy atom. The van der Waals surface area contributed by atoms with E-state index >= 15 is 0 Å². The maximum absolute atomic E-state index is 13.4. The van der Waals surface area contributed by atoms with Crippen molar-refractivity contribution >= 4 is 17.3 Å². The maximum Gasteiger partial charge on any atom is 0.141 e. The molecule has 6 aromatic rings. The van der Waals surface area contributed by atoms with Crippen LogP contribution < -0.4 is 0 Å². The van der Waals surface area contributed by atoms with Gasteiger partial charge in [0.25, 0.3) is 0 Å². The molecule has 0 atom stereocenters.